The molecule has 9 nitrogen and oxygen atoms in total. The molecule has 2 N–H and O–H groups in total. The van der Waals surface area contributed by atoms with E-state index in [1.165, 1.54) is 0 Å². The van der Waals surface area contributed by atoms with Crippen LogP contribution in [0.25, 0.3) is 0 Å². The number of sulfone groups is 1. The second kappa shape index (κ2) is 7.84. The van der Waals surface area contributed by atoms with Gasteiger partial charge in [-0.2, -0.15) is 5.10 Å². The van der Waals surface area contributed by atoms with Crippen LogP contribution in [0.4, 0.5) is 5.69 Å². The number of imidazole rings is 1. The molecule has 11 heteroatoms. The molecule has 0 spiro atoms. The molecule has 1 amide bonds. The number of carbonyl (C=O) groups excluding carboxylic acids is 1. The number of aromatic nitrogens is 4. The fourth-order valence-corrected chi connectivity index (χ4v) is 5.52. The summed E-state index contributed by atoms with van der Waals surface area (Å²) < 4.78 is 27.3. The van der Waals surface area contributed by atoms with Gasteiger partial charge in [-0.05, 0) is 20.3 Å². The maximum absolute atomic E-state index is 12.7. The predicted octanol–water partition coefficient (Wildman–Crippen LogP) is 0.876. The van der Waals surface area contributed by atoms with Gasteiger partial charge in [-0.25, -0.2) is 13.4 Å². The Bertz CT molecular complexity index is 973. The van der Waals surface area contributed by atoms with Crippen molar-refractivity contribution in [2.45, 2.75) is 39.3 Å². The molecule has 2 aromatic rings. The van der Waals surface area contributed by atoms with Crippen molar-refractivity contribution in [1.29, 1.82) is 0 Å². The first-order valence-electron chi connectivity index (χ1n) is 9.18. The maximum Gasteiger partial charge on any atom is 0.275 e. The van der Waals surface area contributed by atoms with E-state index in [1.54, 1.807) is 10.9 Å². The van der Waals surface area contributed by atoms with E-state index in [-0.39, 0.29) is 35.9 Å². The molecule has 28 heavy (non-hydrogen) atoms. The molecule has 4 rings (SSSR count). The molecule has 1 atom stereocenters. The Morgan fingerprint density at radius 1 is 1.32 bits per heavy atom. The van der Waals surface area contributed by atoms with Crippen molar-refractivity contribution in [3.8, 4) is 0 Å². The molecule has 1 unspecified atom stereocenters. The first-order valence-corrected chi connectivity index (χ1v) is 11.0. The Hall–Kier alpha value is -1.91. The fraction of sp³-hybridized carbons (Fsp3) is 0.588. The van der Waals surface area contributed by atoms with Crippen LogP contribution in [0, 0.1) is 13.8 Å². The van der Waals surface area contributed by atoms with E-state index in [0.717, 1.165) is 37.6 Å². The highest BCUT2D eigenvalue weighted by Gasteiger charge is 2.32. The molecule has 0 bridgehead atoms. The van der Waals surface area contributed by atoms with Gasteiger partial charge in [0.15, 0.2) is 9.84 Å². The molecule has 0 aliphatic carbocycles. The van der Waals surface area contributed by atoms with E-state index < -0.39 is 9.84 Å². The van der Waals surface area contributed by atoms with Crippen LogP contribution in [-0.4, -0.2) is 58.3 Å². The number of hydrogen-bond acceptors (Lipinski definition) is 6. The molecular weight excluding hydrogens is 404 g/mol. The summed E-state index contributed by atoms with van der Waals surface area (Å²) in [6.07, 6.45) is 3.13. The number of amides is 1. The number of hydrogen-bond donors (Lipinski definition) is 2. The Balaban J connectivity index is 0.00000225. The van der Waals surface area contributed by atoms with Crippen LogP contribution in [0.1, 0.15) is 40.2 Å². The van der Waals surface area contributed by atoms with Crippen LogP contribution < -0.4 is 10.6 Å². The molecule has 154 valence electrons. The van der Waals surface area contributed by atoms with E-state index in [4.69, 9.17) is 0 Å². The highest BCUT2D eigenvalue weighted by molar-refractivity contribution is 7.91. The molecule has 2 aliphatic rings. The normalized spacial score (nSPS) is 20.9. The molecular formula is C17H25ClN6O3S. The van der Waals surface area contributed by atoms with Gasteiger partial charge >= 0.3 is 0 Å². The highest BCUT2D eigenvalue weighted by atomic mass is 35.5. The summed E-state index contributed by atoms with van der Waals surface area (Å²) in [5.74, 6) is 0.926. The van der Waals surface area contributed by atoms with Gasteiger partial charge in [-0.3, -0.25) is 9.48 Å². The lowest BCUT2D eigenvalue weighted by Gasteiger charge is -2.11. The quantitative estimate of drug-likeness (QED) is 0.750. The minimum Gasteiger partial charge on any atom is -0.333 e. The van der Waals surface area contributed by atoms with Crippen molar-refractivity contribution in [1.82, 2.24) is 24.6 Å². The van der Waals surface area contributed by atoms with Crippen molar-refractivity contribution in [2.75, 3.05) is 29.9 Å². The van der Waals surface area contributed by atoms with Crippen molar-refractivity contribution >= 4 is 33.8 Å². The Morgan fingerprint density at radius 2 is 2.11 bits per heavy atom. The van der Waals surface area contributed by atoms with Gasteiger partial charge in [-0.1, -0.05) is 0 Å². The van der Waals surface area contributed by atoms with E-state index in [2.05, 4.69) is 20.7 Å². The molecule has 0 aromatic carbocycles. The summed E-state index contributed by atoms with van der Waals surface area (Å²) in [7, 11) is -3.00. The number of aryl methyl sites for hydroxylation is 1. The molecule has 0 saturated carbocycles. The van der Waals surface area contributed by atoms with E-state index in [0.29, 0.717) is 23.5 Å². The van der Waals surface area contributed by atoms with Gasteiger partial charge in [-0.15, -0.1) is 12.4 Å². The standard InChI is InChI=1S/C17H24N6O3S.ClH/c1-11-16(12(2)23(21-11)13-4-8-27(25,26)10-13)20-17(24)14-9-22-7-6-18-5-3-15(22)19-14;/h9,13,18H,3-8,10H2,1-2H3,(H,20,24);1H. The van der Waals surface area contributed by atoms with Gasteiger partial charge in [0.1, 0.15) is 11.5 Å². The molecule has 2 aliphatic heterocycles. The molecule has 4 heterocycles. The average molecular weight is 429 g/mol. The van der Waals surface area contributed by atoms with Gasteiger partial charge in [0.05, 0.1) is 34.6 Å². The summed E-state index contributed by atoms with van der Waals surface area (Å²) in [5, 5.41) is 10.7. The third-order valence-corrected chi connectivity index (χ3v) is 7.01. The second-order valence-corrected chi connectivity index (χ2v) is 9.47. The SMILES string of the molecule is Cc1nn(C2CCS(=O)(=O)C2)c(C)c1NC(=O)c1cn2c(n1)CCNCC2.Cl. The number of carbonyl (C=O) groups is 1. The summed E-state index contributed by atoms with van der Waals surface area (Å²) in [5.41, 5.74) is 2.47. The van der Waals surface area contributed by atoms with Crippen molar-refractivity contribution in [2.24, 2.45) is 0 Å². The van der Waals surface area contributed by atoms with E-state index >= 15 is 0 Å². The topological polar surface area (TPSA) is 111 Å². The highest BCUT2D eigenvalue weighted by Crippen LogP contribution is 2.29. The van der Waals surface area contributed by atoms with Crippen LogP contribution in [0.3, 0.4) is 0 Å². The third kappa shape index (κ3) is 3.94. The zero-order valence-electron chi connectivity index (χ0n) is 15.9. The monoisotopic (exact) mass is 428 g/mol. The number of rotatable bonds is 3. The minimum atomic E-state index is -3.00. The van der Waals surface area contributed by atoms with Crippen molar-refractivity contribution in [3.05, 3.63) is 29.1 Å². The number of fused-ring (bicyclic) bond motifs is 1. The van der Waals surface area contributed by atoms with E-state index in [9.17, 15) is 13.2 Å². The second-order valence-electron chi connectivity index (χ2n) is 7.24. The van der Waals surface area contributed by atoms with Crippen LogP contribution >= 0.6 is 12.4 Å². The zero-order chi connectivity index (χ0) is 19.2. The van der Waals surface area contributed by atoms with Gasteiger partial charge in [0.2, 0.25) is 0 Å². The average Bonchev–Trinajstić information content (AvgIpc) is 3.21. The Labute approximate surface area is 170 Å². The first-order chi connectivity index (χ1) is 12.8. The summed E-state index contributed by atoms with van der Waals surface area (Å²) in [6, 6.07) is -0.171. The summed E-state index contributed by atoms with van der Waals surface area (Å²) >= 11 is 0. The minimum absolute atomic E-state index is 0. The number of nitrogens with zero attached hydrogens (tertiary/aromatic N) is 4. The third-order valence-electron chi connectivity index (χ3n) is 5.26. The van der Waals surface area contributed by atoms with Gasteiger partial charge in [0.25, 0.3) is 5.91 Å². The van der Waals surface area contributed by atoms with Gasteiger partial charge < -0.3 is 15.2 Å². The maximum atomic E-state index is 12.7. The lowest BCUT2D eigenvalue weighted by Crippen LogP contribution is -2.18. The number of halogens is 1. The smallest absolute Gasteiger partial charge is 0.275 e. The van der Waals surface area contributed by atoms with Crippen LogP contribution in [-0.2, 0) is 22.8 Å². The fourth-order valence-electron chi connectivity index (χ4n) is 3.83. The Kier molecular flexibility index (Phi) is 5.83. The van der Waals surface area contributed by atoms with Crippen LogP contribution in [0.15, 0.2) is 6.20 Å². The number of nitrogens with one attached hydrogen (secondary N) is 2. The van der Waals surface area contributed by atoms with Crippen LogP contribution in [0.2, 0.25) is 0 Å². The van der Waals surface area contributed by atoms with Crippen LogP contribution in [0.5, 0.6) is 0 Å². The zero-order valence-corrected chi connectivity index (χ0v) is 17.6. The first kappa shape index (κ1) is 20.8. The predicted molar refractivity (Wildman–Crippen MR) is 108 cm³/mol. The molecule has 1 saturated heterocycles. The van der Waals surface area contributed by atoms with Crippen molar-refractivity contribution in [3.63, 3.8) is 0 Å². The molecule has 0 radical (unpaired) electrons. The van der Waals surface area contributed by atoms with Gasteiger partial charge in [0, 0.05) is 32.3 Å². The van der Waals surface area contributed by atoms with E-state index in [1.807, 2.05) is 18.4 Å². The lowest BCUT2D eigenvalue weighted by molar-refractivity contribution is 0.102. The van der Waals surface area contributed by atoms with Crippen molar-refractivity contribution < 1.29 is 13.2 Å². The molecule has 2 aromatic heterocycles. The lowest BCUT2D eigenvalue weighted by atomic mass is 10.2. The summed E-state index contributed by atoms with van der Waals surface area (Å²) in [4.78, 5) is 17.2. The molecule has 1 fully saturated rings. The Morgan fingerprint density at radius 3 is 2.82 bits per heavy atom. The number of anilines is 1. The largest absolute Gasteiger partial charge is 0.333 e. The summed E-state index contributed by atoms with van der Waals surface area (Å²) in [6.45, 7) is 6.18.